The highest BCUT2D eigenvalue weighted by molar-refractivity contribution is 5.77. The van der Waals surface area contributed by atoms with Crippen molar-refractivity contribution in [2.75, 3.05) is 0 Å². The Kier molecular flexibility index (Phi) is 4.12. The number of benzene rings is 1. The van der Waals surface area contributed by atoms with Crippen LogP contribution in [0.5, 0.6) is 0 Å². The predicted molar refractivity (Wildman–Crippen MR) is 91.3 cm³/mol. The van der Waals surface area contributed by atoms with Crippen LogP contribution in [-0.2, 0) is 16.0 Å². The molecule has 2 nitrogen and oxygen atoms in total. The molecule has 0 heterocycles. The van der Waals surface area contributed by atoms with Crippen LogP contribution < -0.4 is 0 Å². The van der Waals surface area contributed by atoms with Gasteiger partial charge in [-0.1, -0.05) is 29.8 Å². The Bertz CT molecular complexity index is 649. The maximum atomic E-state index is 13.1. The Balaban J connectivity index is 1.38. The molecule has 0 aromatic heterocycles. The number of esters is 1. The van der Waals surface area contributed by atoms with Crippen molar-refractivity contribution in [1.29, 1.82) is 0 Å². The van der Waals surface area contributed by atoms with Gasteiger partial charge in [0.05, 0.1) is 0 Å². The van der Waals surface area contributed by atoms with Crippen molar-refractivity contribution in [3.05, 3.63) is 35.4 Å². The first kappa shape index (κ1) is 17.0. The van der Waals surface area contributed by atoms with Gasteiger partial charge in [-0.3, -0.25) is 0 Å². The standard InChI is InChI=1S/C21H26F2O2/c1-12-3-5-13(6-4-12)7-14-8-16-15-10-18(17(16)9-14)19(11-15)25-20(24)21(2,22)23/h3-6,14-19H,7-11H2,1-2H3. The molecule has 4 rings (SSSR count). The first-order valence-corrected chi connectivity index (χ1v) is 9.45. The normalized spacial score (nSPS) is 36.5. The van der Waals surface area contributed by atoms with Crippen LogP contribution in [0.1, 0.15) is 43.7 Å². The minimum atomic E-state index is -3.38. The lowest BCUT2D eigenvalue weighted by Crippen LogP contribution is -2.37. The molecular formula is C21H26F2O2. The summed E-state index contributed by atoms with van der Waals surface area (Å²) in [6.07, 6.45) is 5.04. The number of aryl methyl sites for hydroxylation is 1. The van der Waals surface area contributed by atoms with E-state index in [1.54, 1.807) is 0 Å². The fraction of sp³-hybridized carbons (Fsp3) is 0.667. The fourth-order valence-electron chi connectivity index (χ4n) is 5.72. The van der Waals surface area contributed by atoms with Crippen LogP contribution in [0, 0.1) is 36.5 Å². The smallest absolute Gasteiger partial charge is 0.376 e. The number of alkyl halides is 2. The summed E-state index contributed by atoms with van der Waals surface area (Å²) in [6, 6.07) is 8.75. The molecule has 0 amide bonds. The van der Waals surface area contributed by atoms with Crippen LogP contribution in [0.25, 0.3) is 0 Å². The second kappa shape index (κ2) is 6.07. The summed E-state index contributed by atoms with van der Waals surface area (Å²) in [5.41, 5.74) is 2.67. The topological polar surface area (TPSA) is 26.3 Å². The van der Waals surface area contributed by atoms with Gasteiger partial charge in [-0.25, -0.2) is 4.79 Å². The van der Waals surface area contributed by atoms with Crippen LogP contribution in [0.4, 0.5) is 8.78 Å². The van der Waals surface area contributed by atoms with Crippen molar-refractivity contribution in [3.63, 3.8) is 0 Å². The Hall–Kier alpha value is -1.45. The first-order valence-electron chi connectivity index (χ1n) is 9.45. The summed E-state index contributed by atoms with van der Waals surface area (Å²) in [4.78, 5) is 11.5. The molecule has 0 spiro atoms. The second-order valence-electron chi connectivity index (χ2n) is 8.58. The summed E-state index contributed by atoms with van der Waals surface area (Å²) < 4.78 is 31.5. The molecule has 2 bridgehead atoms. The lowest BCUT2D eigenvalue weighted by molar-refractivity contribution is -0.178. The van der Waals surface area contributed by atoms with Crippen molar-refractivity contribution in [2.45, 2.75) is 58.0 Å². The van der Waals surface area contributed by atoms with E-state index in [0.29, 0.717) is 36.5 Å². The Morgan fingerprint density at radius 3 is 2.44 bits per heavy atom. The number of hydrogen-bond acceptors (Lipinski definition) is 2. The average molecular weight is 348 g/mol. The molecule has 6 atom stereocenters. The molecule has 3 fully saturated rings. The van der Waals surface area contributed by atoms with E-state index >= 15 is 0 Å². The third-order valence-electron chi connectivity index (χ3n) is 6.77. The quantitative estimate of drug-likeness (QED) is 0.732. The zero-order chi connectivity index (χ0) is 17.8. The number of hydrogen-bond donors (Lipinski definition) is 0. The van der Waals surface area contributed by atoms with E-state index in [2.05, 4.69) is 31.2 Å². The van der Waals surface area contributed by atoms with Crippen molar-refractivity contribution in [2.24, 2.45) is 29.6 Å². The number of rotatable bonds is 4. The van der Waals surface area contributed by atoms with Crippen molar-refractivity contribution in [1.82, 2.24) is 0 Å². The van der Waals surface area contributed by atoms with Gasteiger partial charge in [0.1, 0.15) is 6.10 Å². The lowest BCUT2D eigenvalue weighted by atomic mass is 9.80. The summed E-state index contributed by atoms with van der Waals surface area (Å²) in [5, 5.41) is 0. The van der Waals surface area contributed by atoms with Crippen molar-refractivity contribution in [3.8, 4) is 0 Å². The van der Waals surface area contributed by atoms with Gasteiger partial charge < -0.3 is 4.74 Å². The molecule has 1 aromatic rings. The highest BCUT2D eigenvalue weighted by atomic mass is 19.3. The summed E-state index contributed by atoms with van der Waals surface area (Å²) in [5.74, 6) is -1.95. The van der Waals surface area contributed by atoms with E-state index in [0.717, 1.165) is 25.7 Å². The summed E-state index contributed by atoms with van der Waals surface area (Å²) in [6.45, 7) is 2.72. The second-order valence-corrected chi connectivity index (χ2v) is 8.58. The monoisotopic (exact) mass is 348 g/mol. The Labute approximate surface area is 147 Å². The van der Waals surface area contributed by atoms with Gasteiger partial charge in [0.25, 0.3) is 0 Å². The predicted octanol–water partition coefficient (Wildman–Crippen LogP) is 4.79. The van der Waals surface area contributed by atoms with Crippen LogP contribution in [-0.4, -0.2) is 18.0 Å². The van der Waals surface area contributed by atoms with Crippen LogP contribution in [0.2, 0.25) is 0 Å². The van der Waals surface area contributed by atoms with Gasteiger partial charge in [-0.2, -0.15) is 8.78 Å². The molecule has 0 saturated heterocycles. The average Bonchev–Trinajstić information content (AvgIpc) is 3.19. The first-order chi connectivity index (χ1) is 11.8. The van der Waals surface area contributed by atoms with E-state index in [1.807, 2.05) is 0 Å². The van der Waals surface area contributed by atoms with Crippen molar-refractivity contribution >= 4 is 5.97 Å². The molecule has 4 heteroatoms. The van der Waals surface area contributed by atoms with Gasteiger partial charge in [0.15, 0.2) is 0 Å². The molecule has 136 valence electrons. The number of ether oxygens (including phenoxy) is 1. The Morgan fingerprint density at radius 1 is 1.08 bits per heavy atom. The van der Waals surface area contributed by atoms with Gasteiger partial charge in [-0.15, -0.1) is 0 Å². The number of carbonyl (C=O) groups is 1. The molecule has 1 aromatic carbocycles. The zero-order valence-electron chi connectivity index (χ0n) is 14.9. The third-order valence-corrected chi connectivity index (χ3v) is 6.77. The van der Waals surface area contributed by atoms with E-state index in [9.17, 15) is 13.6 Å². The van der Waals surface area contributed by atoms with Crippen molar-refractivity contribution < 1.29 is 18.3 Å². The maximum absolute atomic E-state index is 13.1. The molecule has 3 saturated carbocycles. The maximum Gasteiger partial charge on any atom is 0.376 e. The van der Waals surface area contributed by atoms with Gasteiger partial charge in [0.2, 0.25) is 0 Å². The van der Waals surface area contributed by atoms with E-state index in [-0.39, 0.29) is 6.10 Å². The highest BCUT2D eigenvalue weighted by Gasteiger charge is 2.57. The zero-order valence-corrected chi connectivity index (χ0v) is 14.9. The number of carbonyl (C=O) groups excluding carboxylic acids is 1. The third kappa shape index (κ3) is 3.20. The SMILES string of the molecule is Cc1ccc(CC2CC3C4CC(OC(=O)C(C)(F)F)C(C4)C3C2)cc1. The highest BCUT2D eigenvalue weighted by Crippen LogP contribution is 2.61. The van der Waals surface area contributed by atoms with E-state index in [1.165, 1.54) is 17.5 Å². The molecule has 3 aliphatic rings. The summed E-state index contributed by atoms with van der Waals surface area (Å²) in [7, 11) is 0. The van der Waals surface area contributed by atoms with Gasteiger partial charge in [0, 0.05) is 6.92 Å². The van der Waals surface area contributed by atoms with Gasteiger partial charge in [-0.05, 0) is 74.2 Å². The Morgan fingerprint density at radius 2 is 1.76 bits per heavy atom. The molecule has 6 unspecified atom stereocenters. The molecule has 0 radical (unpaired) electrons. The molecular weight excluding hydrogens is 322 g/mol. The number of halogens is 2. The van der Waals surface area contributed by atoms with Crippen LogP contribution >= 0.6 is 0 Å². The summed E-state index contributed by atoms with van der Waals surface area (Å²) >= 11 is 0. The van der Waals surface area contributed by atoms with E-state index < -0.39 is 11.9 Å². The minimum Gasteiger partial charge on any atom is -0.458 e. The van der Waals surface area contributed by atoms with Gasteiger partial charge >= 0.3 is 11.9 Å². The largest absolute Gasteiger partial charge is 0.458 e. The molecule has 0 N–H and O–H groups in total. The molecule has 3 aliphatic carbocycles. The lowest BCUT2D eigenvalue weighted by Gasteiger charge is -2.31. The van der Waals surface area contributed by atoms with E-state index in [4.69, 9.17) is 4.74 Å². The number of fused-ring (bicyclic) bond motifs is 5. The molecule has 0 aliphatic heterocycles. The molecule has 25 heavy (non-hydrogen) atoms. The minimum absolute atomic E-state index is 0.289. The van der Waals surface area contributed by atoms with Crippen LogP contribution in [0.3, 0.4) is 0 Å². The van der Waals surface area contributed by atoms with Crippen LogP contribution in [0.15, 0.2) is 24.3 Å². The fourth-order valence-corrected chi connectivity index (χ4v) is 5.72.